The maximum Gasteiger partial charge on any atom is 0.289 e. The zero-order chi connectivity index (χ0) is 14.2. The molecule has 2 amide bonds. The molecule has 0 radical (unpaired) electrons. The van der Waals surface area contributed by atoms with Gasteiger partial charge in [-0.2, -0.15) is 0 Å². The normalized spacial score (nSPS) is 26.6. The summed E-state index contributed by atoms with van der Waals surface area (Å²) in [5.41, 5.74) is -0.146. The number of amides is 2. The molecule has 108 valence electrons. The van der Waals surface area contributed by atoms with Gasteiger partial charge in [-0.05, 0) is 38.3 Å². The Kier molecular flexibility index (Phi) is 3.28. The van der Waals surface area contributed by atoms with E-state index >= 15 is 0 Å². The van der Waals surface area contributed by atoms with Crippen LogP contribution >= 0.6 is 0 Å². The fourth-order valence-electron chi connectivity index (χ4n) is 3.65. The minimum absolute atomic E-state index is 0.0653. The average Bonchev–Trinajstić information content (AvgIpc) is 3.08. The Bertz CT molecular complexity index is 511. The lowest BCUT2D eigenvalue weighted by Crippen LogP contribution is -2.57. The van der Waals surface area contributed by atoms with Gasteiger partial charge in [0.05, 0.1) is 11.8 Å². The van der Waals surface area contributed by atoms with E-state index in [0.717, 1.165) is 32.4 Å². The molecule has 0 bridgehead atoms. The standard InChI is InChI=1S/C15H20N2O3/c1-2-17-13(18)6-8-15(17)7-4-9-16(11-15)14(19)12-5-3-10-20-12/h3,5,10H,2,4,6-9,11H2,1H3. The van der Waals surface area contributed by atoms with Crippen LogP contribution in [0.1, 0.15) is 43.2 Å². The Hall–Kier alpha value is -1.78. The smallest absolute Gasteiger partial charge is 0.289 e. The van der Waals surface area contributed by atoms with Crippen LogP contribution < -0.4 is 0 Å². The predicted octanol–water partition coefficient (Wildman–Crippen LogP) is 1.90. The summed E-state index contributed by atoms with van der Waals surface area (Å²) in [4.78, 5) is 28.2. The highest BCUT2D eigenvalue weighted by Crippen LogP contribution is 2.37. The van der Waals surface area contributed by atoms with Gasteiger partial charge in [0.15, 0.2) is 5.76 Å². The van der Waals surface area contributed by atoms with Gasteiger partial charge in [-0.15, -0.1) is 0 Å². The first kappa shape index (κ1) is 13.2. The maximum atomic E-state index is 12.4. The van der Waals surface area contributed by atoms with Crippen LogP contribution in [0, 0.1) is 0 Å². The number of hydrogen-bond donors (Lipinski definition) is 0. The molecule has 1 spiro atoms. The summed E-state index contributed by atoms with van der Waals surface area (Å²) < 4.78 is 5.20. The van der Waals surface area contributed by atoms with Crippen molar-refractivity contribution in [1.29, 1.82) is 0 Å². The Morgan fingerprint density at radius 3 is 3.00 bits per heavy atom. The van der Waals surface area contributed by atoms with Gasteiger partial charge in [-0.3, -0.25) is 9.59 Å². The molecule has 3 heterocycles. The Labute approximate surface area is 118 Å². The molecule has 2 aliphatic rings. The minimum atomic E-state index is -0.146. The third kappa shape index (κ3) is 2.01. The lowest BCUT2D eigenvalue weighted by Gasteiger charge is -2.45. The Morgan fingerprint density at radius 1 is 1.45 bits per heavy atom. The van der Waals surface area contributed by atoms with E-state index in [1.807, 2.05) is 16.7 Å². The van der Waals surface area contributed by atoms with E-state index in [4.69, 9.17) is 4.42 Å². The van der Waals surface area contributed by atoms with Crippen molar-refractivity contribution in [1.82, 2.24) is 9.80 Å². The zero-order valence-corrected chi connectivity index (χ0v) is 11.8. The molecule has 2 aliphatic heterocycles. The third-order valence-corrected chi connectivity index (χ3v) is 4.57. The molecular formula is C15H20N2O3. The van der Waals surface area contributed by atoms with E-state index in [-0.39, 0.29) is 17.4 Å². The molecule has 0 N–H and O–H groups in total. The quantitative estimate of drug-likeness (QED) is 0.829. The molecule has 0 aromatic carbocycles. The SMILES string of the molecule is CCN1C(=O)CCC12CCCN(C(=O)c1ccco1)C2. The number of rotatable bonds is 2. The molecule has 5 heteroatoms. The van der Waals surface area contributed by atoms with Crippen LogP contribution in [0.15, 0.2) is 22.8 Å². The summed E-state index contributed by atoms with van der Waals surface area (Å²) >= 11 is 0. The van der Waals surface area contributed by atoms with Crippen LogP contribution in [0.5, 0.6) is 0 Å². The van der Waals surface area contributed by atoms with Gasteiger partial charge in [-0.1, -0.05) is 0 Å². The Morgan fingerprint density at radius 2 is 2.30 bits per heavy atom. The molecule has 1 aromatic heterocycles. The van der Waals surface area contributed by atoms with Crippen LogP contribution in [-0.4, -0.2) is 46.8 Å². The van der Waals surface area contributed by atoms with Gasteiger partial charge < -0.3 is 14.2 Å². The van der Waals surface area contributed by atoms with Crippen LogP contribution in [0.4, 0.5) is 0 Å². The van der Waals surface area contributed by atoms with Crippen molar-refractivity contribution in [2.45, 2.75) is 38.1 Å². The first-order chi connectivity index (χ1) is 9.66. The zero-order valence-electron chi connectivity index (χ0n) is 11.8. The number of carbonyl (C=O) groups is 2. The average molecular weight is 276 g/mol. The fourth-order valence-corrected chi connectivity index (χ4v) is 3.65. The van der Waals surface area contributed by atoms with Crippen molar-refractivity contribution in [3.8, 4) is 0 Å². The molecule has 20 heavy (non-hydrogen) atoms. The fraction of sp³-hybridized carbons (Fsp3) is 0.600. The van der Waals surface area contributed by atoms with Gasteiger partial charge >= 0.3 is 0 Å². The van der Waals surface area contributed by atoms with Gasteiger partial charge in [0.25, 0.3) is 5.91 Å². The molecule has 0 aliphatic carbocycles. The highest BCUT2D eigenvalue weighted by Gasteiger charge is 2.47. The van der Waals surface area contributed by atoms with Crippen molar-refractivity contribution in [2.24, 2.45) is 0 Å². The largest absolute Gasteiger partial charge is 0.459 e. The number of likely N-dealkylation sites (tertiary alicyclic amines) is 2. The van der Waals surface area contributed by atoms with Crippen molar-refractivity contribution < 1.29 is 14.0 Å². The molecule has 1 atom stereocenters. The maximum absolute atomic E-state index is 12.4. The third-order valence-electron chi connectivity index (χ3n) is 4.57. The number of piperidine rings is 1. The van der Waals surface area contributed by atoms with Crippen molar-refractivity contribution >= 4 is 11.8 Å². The number of likely N-dealkylation sites (N-methyl/N-ethyl adjacent to an activating group) is 1. The molecule has 2 saturated heterocycles. The van der Waals surface area contributed by atoms with Crippen LogP contribution in [0.3, 0.4) is 0 Å². The van der Waals surface area contributed by atoms with E-state index in [0.29, 0.717) is 18.7 Å². The Balaban J connectivity index is 1.80. The number of carbonyl (C=O) groups excluding carboxylic acids is 2. The first-order valence-electron chi connectivity index (χ1n) is 7.29. The van der Waals surface area contributed by atoms with E-state index in [2.05, 4.69) is 0 Å². The van der Waals surface area contributed by atoms with Gasteiger partial charge in [0.1, 0.15) is 0 Å². The molecular weight excluding hydrogens is 256 g/mol. The van der Waals surface area contributed by atoms with Crippen molar-refractivity contribution in [3.63, 3.8) is 0 Å². The van der Waals surface area contributed by atoms with Crippen molar-refractivity contribution in [3.05, 3.63) is 24.2 Å². The van der Waals surface area contributed by atoms with Gasteiger partial charge in [0.2, 0.25) is 5.91 Å². The van der Waals surface area contributed by atoms with E-state index in [1.165, 1.54) is 6.26 Å². The number of nitrogens with zero attached hydrogens (tertiary/aromatic N) is 2. The second-order valence-corrected chi connectivity index (χ2v) is 5.67. The monoisotopic (exact) mass is 276 g/mol. The summed E-state index contributed by atoms with van der Waals surface area (Å²) in [6, 6.07) is 3.42. The molecule has 0 saturated carbocycles. The minimum Gasteiger partial charge on any atom is -0.459 e. The van der Waals surface area contributed by atoms with Gasteiger partial charge in [-0.25, -0.2) is 0 Å². The molecule has 5 nitrogen and oxygen atoms in total. The second-order valence-electron chi connectivity index (χ2n) is 5.67. The van der Waals surface area contributed by atoms with Gasteiger partial charge in [0, 0.05) is 26.1 Å². The van der Waals surface area contributed by atoms with Crippen LogP contribution in [0.25, 0.3) is 0 Å². The van der Waals surface area contributed by atoms with Crippen LogP contribution in [0.2, 0.25) is 0 Å². The summed E-state index contributed by atoms with van der Waals surface area (Å²) in [5.74, 6) is 0.540. The lowest BCUT2D eigenvalue weighted by atomic mass is 9.86. The summed E-state index contributed by atoms with van der Waals surface area (Å²) in [6.45, 7) is 4.11. The van der Waals surface area contributed by atoms with E-state index < -0.39 is 0 Å². The number of hydrogen-bond acceptors (Lipinski definition) is 3. The summed E-state index contributed by atoms with van der Waals surface area (Å²) in [7, 11) is 0. The van der Waals surface area contributed by atoms with E-state index in [9.17, 15) is 9.59 Å². The summed E-state index contributed by atoms with van der Waals surface area (Å²) in [6.07, 6.45) is 4.92. The predicted molar refractivity (Wildman–Crippen MR) is 73.2 cm³/mol. The topological polar surface area (TPSA) is 53.8 Å². The molecule has 2 fully saturated rings. The van der Waals surface area contributed by atoms with E-state index in [1.54, 1.807) is 12.1 Å². The van der Waals surface area contributed by atoms with Crippen LogP contribution in [-0.2, 0) is 4.79 Å². The molecule has 3 rings (SSSR count). The number of furan rings is 1. The molecule has 1 aromatic rings. The second kappa shape index (κ2) is 4.96. The molecule has 1 unspecified atom stereocenters. The highest BCUT2D eigenvalue weighted by molar-refractivity contribution is 5.91. The summed E-state index contributed by atoms with van der Waals surface area (Å²) in [5, 5.41) is 0. The van der Waals surface area contributed by atoms with Crippen molar-refractivity contribution in [2.75, 3.05) is 19.6 Å². The first-order valence-corrected chi connectivity index (χ1v) is 7.29. The highest BCUT2D eigenvalue weighted by atomic mass is 16.3. The lowest BCUT2D eigenvalue weighted by molar-refractivity contribution is -0.132.